The molecule has 2 aromatic heterocycles. The van der Waals surface area contributed by atoms with Crippen molar-refractivity contribution < 1.29 is 4.42 Å². The number of hydrogen-bond acceptors (Lipinski definition) is 3. The molecule has 0 N–H and O–H groups in total. The van der Waals surface area contributed by atoms with Crippen LogP contribution in [-0.4, -0.2) is 4.98 Å². The summed E-state index contributed by atoms with van der Waals surface area (Å²) in [5.41, 5.74) is 4.36. The van der Waals surface area contributed by atoms with Crippen LogP contribution < -0.4 is 0 Å². The molecule has 112 valence electrons. The maximum atomic E-state index is 6.21. The van der Waals surface area contributed by atoms with Crippen LogP contribution in [0.4, 0.5) is 0 Å². The number of furan rings is 1. The van der Waals surface area contributed by atoms with Crippen molar-refractivity contribution in [1.82, 2.24) is 4.98 Å². The lowest BCUT2D eigenvalue weighted by molar-refractivity contribution is 0.672. The molecule has 24 heavy (non-hydrogen) atoms. The van der Waals surface area contributed by atoms with Gasteiger partial charge in [-0.25, -0.2) is 4.98 Å². The average molecular weight is 325 g/mol. The lowest BCUT2D eigenvalue weighted by Gasteiger charge is -2.19. The minimum absolute atomic E-state index is 0.941. The summed E-state index contributed by atoms with van der Waals surface area (Å²) in [5, 5.41) is 5.87. The molecule has 0 radical (unpaired) electrons. The molecule has 6 rings (SSSR count). The molecule has 0 saturated heterocycles. The zero-order valence-electron chi connectivity index (χ0n) is 12.6. The fraction of sp³-hybridized carbons (Fsp3) is 0. The highest BCUT2D eigenvalue weighted by Crippen LogP contribution is 2.49. The largest absolute Gasteiger partial charge is 0.455 e. The summed E-state index contributed by atoms with van der Waals surface area (Å²) >= 11 is 1.75. The Balaban J connectivity index is 1.87. The van der Waals surface area contributed by atoms with Gasteiger partial charge in [0.15, 0.2) is 0 Å². The first-order valence-corrected chi connectivity index (χ1v) is 8.72. The molecule has 0 amide bonds. The summed E-state index contributed by atoms with van der Waals surface area (Å²) in [6, 6.07) is 21.1. The van der Waals surface area contributed by atoms with Crippen LogP contribution in [-0.2, 0) is 0 Å². The summed E-state index contributed by atoms with van der Waals surface area (Å²) in [6.45, 7) is 0. The van der Waals surface area contributed by atoms with Gasteiger partial charge in [0.1, 0.15) is 16.2 Å². The molecular weight excluding hydrogens is 314 g/mol. The van der Waals surface area contributed by atoms with Crippen LogP contribution in [0.2, 0.25) is 0 Å². The molecule has 3 heterocycles. The number of aromatic nitrogens is 1. The predicted octanol–water partition coefficient (Wildman–Crippen LogP) is 6.27. The minimum Gasteiger partial charge on any atom is -0.455 e. The number of rotatable bonds is 0. The Hall–Kier alpha value is -2.78. The number of fused-ring (bicyclic) bond motifs is 6. The van der Waals surface area contributed by atoms with E-state index in [0.717, 1.165) is 16.2 Å². The van der Waals surface area contributed by atoms with Crippen molar-refractivity contribution in [2.45, 2.75) is 9.92 Å². The molecule has 0 atom stereocenters. The van der Waals surface area contributed by atoms with Gasteiger partial charge in [0.05, 0.1) is 0 Å². The van der Waals surface area contributed by atoms with Gasteiger partial charge in [0.2, 0.25) is 0 Å². The molecular formula is C21H11NOS. The maximum absolute atomic E-state index is 6.21. The van der Waals surface area contributed by atoms with Crippen LogP contribution in [0, 0.1) is 0 Å². The van der Waals surface area contributed by atoms with Crippen molar-refractivity contribution in [1.29, 1.82) is 0 Å². The van der Waals surface area contributed by atoms with Crippen molar-refractivity contribution in [3.05, 3.63) is 66.9 Å². The zero-order valence-corrected chi connectivity index (χ0v) is 13.4. The van der Waals surface area contributed by atoms with Crippen molar-refractivity contribution in [3.63, 3.8) is 0 Å². The van der Waals surface area contributed by atoms with Crippen molar-refractivity contribution in [2.75, 3.05) is 0 Å². The number of nitrogens with zero attached hydrogens (tertiary/aromatic N) is 1. The first-order chi connectivity index (χ1) is 11.9. The van der Waals surface area contributed by atoms with E-state index in [2.05, 4.69) is 47.4 Å². The summed E-state index contributed by atoms with van der Waals surface area (Å²) in [6.07, 6.45) is 1.86. The molecule has 2 nitrogen and oxygen atoms in total. The summed E-state index contributed by atoms with van der Waals surface area (Å²) in [5.74, 6) is 0. The zero-order chi connectivity index (χ0) is 15.7. The van der Waals surface area contributed by atoms with Crippen molar-refractivity contribution in [3.8, 4) is 11.1 Å². The molecule has 0 bridgehead atoms. The Kier molecular flexibility index (Phi) is 2.31. The topological polar surface area (TPSA) is 26.0 Å². The SMILES string of the molecule is c1cnc2c(c1)-c1cccc3c1c(cc1c4ccccc4oc31)S2. The molecule has 5 aromatic rings. The Morgan fingerprint density at radius 3 is 2.67 bits per heavy atom. The van der Waals surface area contributed by atoms with Gasteiger partial charge in [-0.3, -0.25) is 0 Å². The monoisotopic (exact) mass is 325 g/mol. The first kappa shape index (κ1) is 12.6. The molecule has 1 aliphatic rings. The number of benzene rings is 3. The fourth-order valence-corrected chi connectivity index (χ4v) is 4.81. The van der Waals surface area contributed by atoms with Crippen LogP contribution >= 0.6 is 11.8 Å². The standard InChI is InChI=1S/C21H11NOS/c1-2-9-17-12(5-1)16-11-18-19-13(6-3-7-15(19)20(16)23-17)14-8-4-10-22-21(14)24-18/h1-11H. The normalized spacial score (nSPS) is 12.8. The second kappa shape index (κ2) is 4.40. The minimum atomic E-state index is 0.941. The van der Waals surface area contributed by atoms with Gasteiger partial charge < -0.3 is 4.42 Å². The highest BCUT2D eigenvalue weighted by molar-refractivity contribution is 7.99. The number of para-hydroxylation sites is 1. The second-order valence-corrected chi connectivity index (χ2v) is 7.07. The van der Waals surface area contributed by atoms with Gasteiger partial charge in [-0.2, -0.15) is 0 Å². The van der Waals surface area contributed by atoms with E-state index >= 15 is 0 Å². The van der Waals surface area contributed by atoms with E-state index in [4.69, 9.17) is 4.42 Å². The van der Waals surface area contributed by atoms with E-state index in [1.807, 2.05) is 24.4 Å². The summed E-state index contributed by atoms with van der Waals surface area (Å²) in [4.78, 5) is 5.83. The average Bonchev–Trinajstić information content (AvgIpc) is 3.01. The maximum Gasteiger partial charge on any atom is 0.143 e. The van der Waals surface area contributed by atoms with Crippen molar-refractivity contribution >= 4 is 44.5 Å². The number of hydrogen-bond donors (Lipinski definition) is 0. The molecule has 3 aromatic carbocycles. The third-order valence-corrected chi connectivity index (χ3v) is 5.79. The van der Waals surface area contributed by atoms with E-state index in [1.54, 1.807) is 11.8 Å². The molecule has 0 aliphatic carbocycles. The quantitative estimate of drug-likeness (QED) is 0.329. The number of pyridine rings is 1. The highest BCUT2D eigenvalue weighted by Gasteiger charge is 2.22. The molecule has 1 aliphatic heterocycles. The molecule has 0 fully saturated rings. The Bertz CT molecular complexity index is 1290. The van der Waals surface area contributed by atoms with Gasteiger partial charge in [-0.15, -0.1) is 0 Å². The summed E-state index contributed by atoms with van der Waals surface area (Å²) < 4.78 is 6.21. The third-order valence-electron chi connectivity index (χ3n) is 4.73. The molecule has 0 spiro atoms. The van der Waals surface area contributed by atoms with Crippen LogP contribution in [0.1, 0.15) is 0 Å². The third kappa shape index (κ3) is 1.50. The predicted molar refractivity (Wildman–Crippen MR) is 98.6 cm³/mol. The highest BCUT2D eigenvalue weighted by atomic mass is 32.2. The molecule has 3 heteroatoms. The second-order valence-electron chi connectivity index (χ2n) is 6.04. The van der Waals surface area contributed by atoms with Crippen LogP contribution in [0.3, 0.4) is 0 Å². The lowest BCUT2D eigenvalue weighted by atomic mass is 9.97. The van der Waals surface area contributed by atoms with Crippen LogP contribution in [0.15, 0.2) is 81.2 Å². The van der Waals surface area contributed by atoms with Gasteiger partial charge in [-0.05, 0) is 23.8 Å². The Labute approximate surface area is 142 Å². The molecule has 0 saturated carbocycles. The molecule has 0 unspecified atom stereocenters. The van der Waals surface area contributed by atoms with Crippen molar-refractivity contribution in [2.24, 2.45) is 0 Å². The Morgan fingerprint density at radius 2 is 1.67 bits per heavy atom. The van der Waals surface area contributed by atoms with Crippen LogP contribution in [0.25, 0.3) is 43.8 Å². The first-order valence-electron chi connectivity index (χ1n) is 7.90. The van der Waals surface area contributed by atoms with Crippen LogP contribution in [0.5, 0.6) is 0 Å². The van der Waals surface area contributed by atoms with Gasteiger partial charge >= 0.3 is 0 Å². The fourth-order valence-electron chi connectivity index (χ4n) is 3.71. The van der Waals surface area contributed by atoms with E-state index < -0.39 is 0 Å². The Morgan fingerprint density at radius 1 is 0.792 bits per heavy atom. The summed E-state index contributed by atoms with van der Waals surface area (Å²) in [7, 11) is 0. The van der Waals surface area contributed by atoms with E-state index in [9.17, 15) is 0 Å². The lowest BCUT2D eigenvalue weighted by Crippen LogP contribution is -1.94. The van der Waals surface area contributed by atoms with Gasteiger partial charge in [-0.1, -0.05) is 54.2 Å². The smallest absolute Gasteiger partial charge is 0.143 e. The van der Waals surface area contributed by atoms with E-state index in [1.165, 1.54) is 37.6 Å². The van der Waals surface area contributed by atoms with Gasteiger partial charge in [0.25, 0.3) is 0 Å². The van der Waals surface area contributed by atoms with E-state index in [0.29, 0.717) is 0 Å². The van der Waals surface area contributed by atoms with Gasteiger partial charge in [0, 0.05) is 38.2 Å². The van der Waals surface area contributed by atoms with E-state index in [-0.39, 0.29) is 0 Å².